The van der Waals surface area contributed by atoms with Gasteiger partial charge in [0.15, 0.2) is 5.69 Å². The molecular formula is C20H20FN5O. The van der Waals surface area contributed by atoms with Gasteiger partial charge in [0.2, 0.25) is 0 Å². The molecule has 1 aliphatic heterocycles. The lowest BCUT2D eigenvalue weighted by molar-refractivity contribution is 0.0740. The van der Waals surface area contributed by atoms with Crippen molar-refractivity contribution < 1.29 is 9.18 Å². The molecule has 138 valence electrons. The Morgan fingerprint density at radius 1 is 0.963 bits per heavy atom. The Morgan fingerprint density at radius 3 is 2.37 bits per heavy atom. The van der Waals surface area contributed by atoms with Crippen molar-refractivity contribution in [3.8, 4) is 0 Å². The van der Waals surface area contributed by atoms with Crippen LogP contribution in [0.2, 0.25) is 0 Å². The minimum absolute atomic E-state index is 0.104. The molecule has 0 radical (unpaired) electrons. The number of carbonyl (C=O) groups excluding carboxylic acids is 1. The third kappa shape index (κ3) is 3.97. The molecular weight excluding hydrogens is 345 g/mol. The zero-order chi connectivity index (χ0) is 18.6. The lowest BCUT2D eigenvalue weighted by atomic mass is 10.2. The topological polar surface area (TPSA) is 54.3 Å². The zero-order valence-corrected chi connectivity index (χ0v) is 14.8. The van der Waals surface area contributed by atoms with Gasteiger partial charge in [0.1, 0.15) is 5.82 Å². The summed E-state index contributed by atoms with van der Waals surface area (Å²) in [5.41, 5.74) is 2.44. The Morgan fingerprint density at radius 2 is 1.67 bits per heavy atom. The Labute approximate surface area is 156 Å². The largest absolute Gasteiger partial charge is 0.368 e. The number of carbonyl (C=O) groups is 1. The summed E-state index contributed by atoms with van der Waals surface area (Å²) in [6.45, 7) is 3.19. The van der Waals surface area contributed by atoms with Gasteiger partial charge in [-0.3, -0.25) is 4.79 Å². The van der Waals surface area contributed by atoms with Gasteiger partial charge in [0, 0.05) is 31.9 Å². The molecule has 7 heteroatoms. The summed E-state index contributed by atoms with van der Waals surface area (Å²) in [6.07, 6.45) is 1.70. The van der Waals surface area contributed by atoms with Crippen LogP contribution in [0.25, 0.3) is 0 Å². The Balaban J connectivity index is 1.36. The SMILES string of the molecule is O=C(c1cn(Cc2ccccc2)nn1)N1CCN(c2ccc(F)cc2)CC1. The molecule has 0 bridgehead atoms. The lowest BCUT2D eigenvalue weighted by Gasteiger charge is -2.35. The van der Waals surface area contributed by atoms with E-state index in [1.807, 2.05) is 30.3 Å². The van der Waals surface area contributed by atoms with E-state index in [0.717, 1.165) is 11.3 Å². The third-order valence-corrected chi connectivity index (χ3v) is 4.70. The second kappa shape index (κ2) is 7.57. The van der Waals surface area contributed by atoms with E-state index in [-0.39, 0.29) is 11.7 Å². The average molecular weight is 365 g/mol. The van der Waals surface area contributed by atoms with Crippen molar-refractivity contribution in [3.05, 3.63) is 77.9 Å². The number of hydrogen-bond acceptors (Lipinski definition) is 4. The van der Waals surface area contributed by atoms with Gasteiger partial charge in [-0.2, -0.15) is 0 Å². The predicted molar refractivity (Wildman–Crippen MR) is 100 cm³/mol. The molecule has 0 atom stereocenters. The minimum Gasteiger partial charge on any atom is -0.368 e. The van der Waals surface area contributed by atoms with Gasteiger partial charge < -0.3 is 9.80 Å². The fraction of sp³-hybridized carbons (Fsp3) is 0.250. The van der Waals surface area contributed by atoms with E-state index in [0.29, 0.717) is 38.4 Å². The summed E-state index contributed by atoms with van der Waals surface area (Å²) in [7, 11) is 0. The molecule has 0 spiro atoms. The highest BCUT2D eigenvalue weighted by Crippen LogP contribution is 2.17. The second-order valence-electron chi connectivity index (χ2n) is 6.54. The molecule has 0 N–H and O–H groups in total. The van der Waals surface area contributed by atoms with E-state index in [4.69, 9.17) is 0 Å². The summed E-state index contributed by atoms with van der Waals surface area (Å²) >= 11 is 0. The molecule has 4 rings (SSSR count). The van der Waals surface area contributed by atoms with E-state index in [2.05, 4.69) is 15.2 Å². The Bertz CT molecular complexity index is 902. The number of benzene rings is 2. The maximum absolute atomic E-state index is 13.1. The number of hydrogen-bond donors (Lipinski definition) is 0. The molecule has 1 aromatic heterocycles. The average Bonchev–Trinajstić information content (AvgIpc) is 3.17. The molecule has 1 fully saturated rings. The van der Waals surface area contributed by atoms with Gasteiger partial charge in [-0.25, -0.2) is 9.07 Å². The fourth-order valence-electron chi connectivity index (χ4n) is 3.23. The van der Waals surface area contributed by atoms with Crippen molar-refractivity contribution in [2.24, 2.45) is 0 Å². The first-order valence-corrected chi connectivity index (χ1v) is 8.93. The van der Waals surface area contributed by atoms with E-state index >= 15 is 0 Å². The summed E-state index contributed by atoms with van der Waals surface area (Å²) in [5.74, 6) is -0.348. The van der Waals surface area contributed by atoms with Crippen molar-refractivity contribution in [3.63, 3.8) is 0 Å². The van der Waals surface area contributed by atoms with Crippen molar-refractivity contribution in [1.82, 2.24) is 19.9 Å². The number of nitrogens with zero attached hydrogens (tertiary/aromatic N) is 5. The first-order valence-electron chi connectivity index (χ1n) is 8.93. The molecule has 2 heterocycles. The van der Waals surface area contributed by atoms with Crippen molar-refractivity contribution in [2.45, 2.75) is 6.54 Å². The minimum atomic E-state index is -0.244. The van der Waals surface area contributed by atoms with Crippen LogP contribution in [-0.2, 0) is 6.54 Å². The number of halogens is 1. The van der Waals surface area contributed by atoms with Crippen LogP contribution in [0.4, 0.5) is 10.1 Å². The lowest BCUT2D eigenvalue weighted by Crippen LogP contribution is -2.48. The smallest absolute Gasteiger partial charge is 0.276 e. The van der Waals surface area contributed by atoms with Gasteiger partial charge in [0.05, 0.1) is 12.7 Å². The van der Waals surface area contributed by atoms with Gasteiger partial charge in [-0.05, 0) is 29.8 Å². The van der Waals surface area contributed by atoms with Crippen LogP contribution in [0.3, 0.4) is 0 Å². The van der Waals surface area contributed by atoms with Crippen molar-refractivity contribution in [2.75, 3.05) is 31.1 Å². The predicted octanol–water partition coefficient (Wildman–Crippen LogP) is 2.43. The molecule has 0 aliphatic carbocycles. The number of piperazine rings is 1. The molecule has 2 aromatic carbocycles. The van der Waals surface area contributed by atoms with Crippen molar-refractivity contribution in [1.29, 1.82) is 0 Å². The van der Waals surface area contributed by atoms with E-state index in [1.165, 1.54) is 12.1 Å². The van der Waals surface area contributed by atoms with Crippen LogP contribution in [0, 0.1) is 5.82 Å². The summed E-state index contributed by atoms with van der Waals surface area (Å²) in [5, 5.41) is 8.11. The van der Waals surface area contributed by atoms with Crippen LogP contribution in [0.1, 0.15) is 16.1 Å². The van der Waals surface area contributed by atoms with Crippen LogP contribution < -0.4 is 4.90 Å². The molecule has 3 aromatic rings. The van der Waals surface area contributed by atoms with E-state index in [1.54, 1.807) is 27.9 Å². The summed E-state index contributed by atoms with van der Waals surface area (Å²) in [6, 6.07) is 16.4. The molecule has 27 heavy (non-hydrogen) atoms. The monoisotopic (exact) mass is 365 g/mol. The summed E-state index contributed by atoms with van der Waals surface area (Å²) in [4.78, 5) is 16.6. The fourth-order valence-corrected chi connectivity index (χ4v) is 3.23. The number of amides is 1. The highest BCUT2D eigenvalue weighted by atomic mass is 19.1. The highest BCUT2D eigenvalue weighted by Gasteiger charge is 2.24. The van der Waals surface area contributed by atoms with Gasteiger partial charge in [0.25, 0.3) is 5.91 Å². The quantitative estimate of drug-likeness (QED) is 0.713. The zero-order valence-electron chi connectivity index (χ0n) is 14.8. The van der Waals surface area contributed by atoms with Crippen LogP contribution >= 0.6 is 0 Å². The highest BCUT2D eigenvalue weighted by molar-refractivity contribution is 5.92. The second-order valence-corrected chi connectivity index (χ2v) is 6.54. The normalized spacial score (nSPS) is 14.4. The third-order valence-electron chi connectivity index (χ3n) is 4.70. The molecule has 1 saturated heterocycles. The van der Waals surface area contributed by atoms with Crippen LogP contribution in [-0.4, -0.2) is 52.0 Å². The van der Waals surface area contributed by atoms with Crippen molar-refractivity contribution >= 4 is 11.6 Å². The molecule has 0 saturated carbocycles. The molecule has 1 amide bonds. The standard InChI is InChI=1S/C20H20FN5O/c21-17-6-8-18(9-7-17)24-10-12-25(13-11-24)20(27)19-15-26(23-22-19)14-16-4-2-1-3-5-16/h1-9,15H,10-14H2. The number of rotatable bonds is 4. The first-order chi connectivity index (χ1) is 13.2. The Kier molecular flexibility index (Phi) is 4.82. The van der Waals surface area contributed by atoms with Gasteiger partial charge >= 0.3 is 0 Å². The van der Waals surface area contributed by atoms with E-state index < -0.39 is 0 Å². The van der Waals surface area contributed by atoms with Crippen LogP contribution in [0.5, 0.6) is 0 Å². The molecule has 6 nitrogen and oxygen atoms in total. The Hall–Kier alpha value is -3.22. The molecule has 1 aliphatic rings. The molecule has 0 unspecified atom stereocenters. The maximum Gasteiger partial charge on any atom is 0.276 e. The first kappa shape index (κ1) is 17.2. The van der Waals surface area contributed by atoms with Crippen LogP contribution in [0.15, 0.2) is 60.8 Å². The number of anilines is 1. The summed E-state index contributed by atoms with van der Waals surface area (Å²) < 4.78 is 14.7. The van der Waals surface area contributed by atoms with Gasteiger partial charge in [-0.15, -0.1) is 5.10 Å². The maximum atomic E-state index is 13.1. The van der Waals surface area contributed by atoms with Gasteiger partial charge in [-0.1, -0.05) is 35.5 Å². The number of aromatic nitrogens is 3. The van der Waals surface area contributed by atoms with E-state index in [9.17, 15) is 9.18 Å².